The van der Waals surface area contributed by atoms with Gasteiger partial charge in [-0.2, -0.15) is 0 Å². The molecule has 2 aromatic carbocycles. The van der Waals surface area contributed by atoms with Crippen LogP contribution in [0.5, 0.6) is 0 Å². The lowest BCUT2D eigenvalue weighted by Gasteiger charge is -2.08. The molecule has 5 heteroatoms. The summed E-state index contributed by atoms with van der Waals surface area (Å²) < 4.78 is 6.45. The molecule has 5 nitrogen and oxygen atoms in total. The van der Waals surface area contributed by atoms with Gasteiger partial charge in [0.15, 0.2) is 5.58 Å². The van der Waals surface area contributed by atoms with Crippen molar-refractivity contribution in [2.75, 3.05) is 0 Å². The summed E-state index contributed by atoms with van der Waals surface area (Å²) in [6.07, 6.45) is 0. The topological polar surface area (TPSA) is 64.2 Å². The third-order valence-electron chi connectivity index (χ3n) is 3.61. The highest BCUT2D eigenvalue weighted by Crippen LogP contribution is 2.11. The van der Waals surface area contributed by atoms with E-state index in [-0.39, 0.29) is 12.5 Å². The molecular weight excluding hydrogens is 280 g/mol. The van der Waals surface area contributed by atoms with E-state index >= 15 is 0 Å². The molecule has 0 aliphatic carbocycles. The normalized spacial score (nSPS) is 10.8. The Balaban J connectivity index is 1.73. The predicted molar refractivity (Wildman–Crippen MR) is 83.5 cm³/mol. The number of rotatable bonds is 4. The maximum absolute atomic E-state index is 12.1. The van der Waals surface area contributed by atoms with Crippen molar-refractivity contribution in [3.8, 4) is 0 Å². The van der Waals surface area contributed by atoms with Crippen LogP contribution in [0.1, 0.15) is 11.1 Å². The number of oxazole rings is 1. The lowest BCUT2D eigenvalue weighted by atomic mass is 10.1. The molecule has 0 aliphatic heterocycles. The summed E-state index contributed by atoms with van der Waals surface area (Å²) in [5.41, 5.74) is 3.28. The molecular formula is C17H16N2O3. The molecule has 1 N–H and O–H groups in total. The number of para-hydroxylation sites is 2. The molecule has 3 aromatic rings. The molecule has 112 valence electrons. The van der Waals surface area contributed by atoms with E-state index in [0.717, 1.165) is 11.1 Å². The second-order valence-corrected chi connectivity index (χ2v) is 5.13. The zero-order valence-electron chi connectivity index (χ0n) is 12.2. The number of nitrogens with zero attached hydrogens (tertiary/aromatic N) is 1. The minimum atomic E-state index is -0.521. The number of carbonyl (C=O) groups excluding carboxylic acids is 1. The van der Waals surface area contributed by atoms with Crippen molar-refractivity contribution in [3.63, 3.8) is 0 Å². The second kappa shape index (κ2) is 5.89. The first-order chi connectivity index (χ1) is 10.6. The summed E-state index contributed by atoms with van der Waals surface area (Å²) in [6.45, 7) is 2.38. The molecule has 0 unspecified atom stereocenters. The summed E-state index contributed by atoms with van der Waals surface area (Å²) in [7, 11) is 0. The van der Waals surface area contributed by atoms with Gasteiger partial charge in [-0.3, -0.25) is 9.36 Å². The van der Waals surface area contributed by atoms with Gasteiger partial charge in [-0.05, 0) is 30.2 Å². The molecule has 1 heterocycles. The molecule has 0 aliphatic rings. The van der Waals surface area contributed by atoms with E-state index in [4.69, 9.17) is 4.42 Å². The second-order valence-electron chi connectivity index (χ2n) is 5.13. The number of fused-ring (bicyclic) bond motifs is 1. The third-order valence-corrected chi connectivity index (χ3v) is 3.61. The van der Waals surface area contributed by atoms with Gasteiger partial charge in [0, 0.05) is 6.54 Å². The van der Waals surface area contributed by atoms with Gasteiger partial charge in [0.1, 0.15) is 6.54 Å². The molecule has 3 rings (SSSR count). The van der Waals surface area contributed by atoms with Crippen LogP contribution < -0.4 is 11.1 Å². The summed E-state index contributed by atoms with van der Waals surface area (Å²) >= 11 is 0. The average molecular weight is 296 g/mol. The van der Waals surface area contributed by atoms with Crippen LogP contribution in [0.25, 0.3) is 11.1 Å². The Kier molecular flexibility index (Phi) is 3.78. The number of benzene rings is 2. The highest BCUT2D eigenvalue weighted by molar-refractivity contribution is 5.79. The monoisotopic (exact) mass is 296 g/mol. The zero-order valence-corrected chi connectivity index (χ0v) is 12.2. The third kappa shape index (κ3) is 2.79. The minimum Gasteiger partial charge on any atom is -0.408 e. The fourth-order valence-electron chi connectivity index (χ4n) is 2.37. The van der Waals surface area contributed by atoms with Crippen molar-refractivity contribution in [2.45, 2.75) is 20.0 Å². The van der Waals surface area contributed by atoms with E-state index < -0.39 is 5.76 Å². The predicted octanol–water partition coefficient (Wildman–Crippen LogP) is 2.22. The van der Waals surface area contributed by atoms with Crippen molar-refractivity contribution >= 4 is 17.0 Å². The fraction of sp³-hybridized carbons (Fsp3) is 0.176. The number of aromatic nitrogens is 1. The maximum Gasteiger partial charge on any atom is 0.420 e. The Bertz CT molecular complexity index is 877. The largest absolute Gasteiger partial charge is 0.420 e. The Labute approximate surface area is 127 Å². The van der Waals surface area contributed by atoms with Crippen molar-refractivity contribution in [1.82, 2.24) is 9.88 Å². The van der Waals surface area contributed by atoms with Crippen molar-refractivity contribution < 1.29 is 9.21 Å². The fourth-order valence-corrected chi connectivity index (χ4v) is 2.37. The van der Waals surface area contributed by atoms with Gasteiger partial charge in [0.05, 0.1) is 5.52 Å². The van der Waals surface area contributed by atoms with Gasteiger partial charge in [-0.15, -0.1) is 0 Å². The van der Waals surface area contributed by atoms with Crippen molar-refractivity contribution in [2.24, 2.45) is 0 Å². The van der Waals surface area contributed by atoms with Crippen LogP contribution in [0.2, 0.25) is 0 Å². The van der Waals surface area contributed by atoms with Crippen LogP contribution in [0, 0.1) is 6.92 Å². The van der Waals surface area contributed by atoms with Gasteiger partial charge in [0.25, 0.3) is 0 Å². The van der Waals surface area contributed by atoms with Crippen LogP contribution in [-0.2, 0) is 17.9 Å². The Morgan fingerprint density at radius 2 is 1.86 bits per heavy atom. The highest BCUT2D eigenvalue weighted by atomic mass is 16.4. The quantitative estimate of drug-likeness (QED) is 0.803. The zero-order chi connectivity index (χ0) is 15.5. The molecule has 0 spiro atoms. The minimum absolute atomic E-state index is 0.0538. The summed E-state index contributed by atoms with van der Waals surface area (Å²) in [4.78, 5) is 23.9. The van der Waals surface area contributed by atoms with E-state index in [1.165, 1.54) is 4.57 Å². The summed E-state index contributed by atoms with van der Waals surface area (Å²) in [6, 6.07) is 14.9. The smallest absolute Gasteiger partial charge is 0.408 e. The molecule has 0 bridgehead atoms. The van der Waals surface area contributed by atoms with Crippen LogP contribution in [0.4, 0.5) is 0 Å². The number of carbonyl (C=O) groups is 1. The number of hydrogen-bond donors (Lipinski definition) is 1. The standard InChI is InChI=1S/C17H16N2O3/c1-12-6-2-3-7-13(12)10-18-16(20)11-19-14-8-4-5-9-15(14)22-17(19)21/h2-9H,10-11H2,1H3,(H,18,20). The van der Waals surface area contributed by atoms with Gasteiger partial charge >= 0.3 is 5.76 Å². The lowest BCUT2D eigenvalue weighted by molar-refractivity contribution is -0.121. The first-order valence-corrected chi connectivity index (χ1v) is 7.05. The van der Waals surface area contributed by atoms with Gasteiger partial charge < -0.3 is 9.73 Å². The van der Waals surface area contributed by atoms with Gasteiger partial charge in [0.2, 0.25) is 5.91 Å². The number of hydrogen-bond acceptors (Lipinski definition) is 3. The molecule has 0 atom stereocenters. The van der Waals surface area contributed by atoms with Crippen LogP contribution in [-0.4, -0.2) is 10.5 Å². The van der Waals surface area contributed by atoms with Crippen LogP contribution in [0.15, 0.2) is 57.7 Å². The Morgan fingerprint density at radius 3 is 2.68 bits per heavy atom. The van der Waals surface area contributed by atoms with Crippen LogP contribution in [0.3, 0.4) is 0 Å². The molecule has 0 fully saturated rings. The first kappa shape index (κ1) is 14.1. The average Bonchev–Trinajstić information content (AvgIpc) is 2.83. The van der Waals surface area contributed by atoms with Crippen LogP contribution >= 0.6 is 0 Å². The summed E-state index contributed by atoms with van der Waals surface area (Å²) in [5.74, 6) is -0.746. The maximum atomic E-state index is 12.1. The molecule has 0 saturated carbocycles. The Hall–Kier alpha value is -2.82. The lowest BCUT2D eigenvalue weighted by Crippen LogP contribution is -2.30. The van der Waals surface area contributed by atoms with Crippen molar-refractivity contribution in [1.29, 1.82) is 0 Å². The van der Waals surface area contributed by atoms with E-state index in [0.29, 0.717) is 17.6 Å². The molecule has 1 aromatic heterocycles. The molecule has 22 heavy (non-hydrogen) atoms. The highest BCUT2D eigenvalue weighted by Gasteiger charge is 2.12. The van der Waals surface area contributed by atoms with Crippen molar-refractivity contribution in [3.05, 3.63) is 70.2 Å². The Morgan fingerprint density at radius 1 is 1.14 bits per heavy atom. The number of nitrogens with one attached hydrogen (secondary N) is 1. The van der Waals surface area contributed by atoms with Gasteiger partial charge in [-0.25, -0.2) is 4.79 Å². The SMILES string of the molecule is Cc1ccccc1CNC(=O)Cn1c(=O)oc2ccccc21. The molecule has 0 saturated heterocycles. The van der Waals surface area contributed by atoms with E-state index in [1.54, 1.807) is 24.3 Å². The van der Waals surface area contributed by atoms with E-state index in [9.17, 15) is 9.59 Å². The number of aryl methyl sites for hydroxylation is 1. The number of amides is 1. The molecule has 0 radical (unpaired) electrons. The summed E-state index contributed by atoms with van der Waals surface area (Å²) in [5, 5.41) is 2.83. The van der Waals surface area contributed by atoms with E-state index in [2.05, 4.69) is 5.32 Å². The van der Waals surface area contributed by atoms with E-state index in [1.807, 2.05) is 31.2 Å². The van der Waals surface area contributed by atoms with Gasteiger partial charge in [-0.1, -0.05) is 36.4 Å². The molecule has 1 amide bonds. The first-order valence-electron chi connectivity index (χ1n) is 7.05.